The first-order chi connectivity index (χ1) is 10.8. The van der Waals surface area contributed by atoms with Gasteiger partial charge in [-0.2, -0.15) is 0 Å². The lowest BCUT2D eigenvalue weighted by Crippen LogP contribution is -2.31. The second-order valence-corrected chi connectivity index (χ2v) is 6.14. The molecular weight excluding hydrogens is 296 g/mol. The summed E-state index contributed by atoms with van der Waals surface area (Å²) in [6.45, 7) is 5.56. The first-order valence-corrected chi connectivity index (χ1v) is 7.63. The Balaban J connectivity index is 2.24. The number of Topliss-reactive ketones (excluding diaryl/α,β-unsaturated/α-hetero) is 1. The van der Waals surface area contributed by atoms with Gasteiger partial charge in [-0.05, 0) is 37.5 Å². The van der Waals surface area contributed by atoms with Crippen LogP contribution in [0.4, 0.5) is 4.79 Å². The van der Waals surface area contributed by atoms with E-state index in [1.165, 1.54) is 18.9 Å². The van der Waals surface area contributed by atoms with Crippen LogP contribution in [-0.2, 0) is 11.3 Å². The minimum Gasteiger partial charge on any atom is -0.496 e. The molecule has 2 rings (SSSR count). The van der Waals surface area contributed by atoms with E-state index in [0.29, 0.717) is 29.2 Å². The lowest BCUT2D eigenvalue weighted by atomic mass is 10.0. The summed E-state index contributed by atoms with van der Waals surface area (Å²) < 4.78 is 5.27. The van der Waals surface area contributed by atoms with E-state index >= 15 is 0 Å². The molecule has 0 unspecified atom stereocenters. The fourth-order valence-electron chi connectivity index (χ4n) is 2.65. The summed E-state index contributed by atoms with van der Waals surface area (Å²) in [5.41, 5.74) is 1.15. The number of nitrogens with one attached hydrogen (secondary N) is 1. The molecule has 0 radical (unpaired) electrons. The largest absolute Gasteiger partial charge is 0.496 e. The maximum absolute atomic E-state index is 12.4. The summed E-state index contributed by atoms with van der Waals surface area (Å²) >= 11 is 0. The molecular formula is C17H22N2O4. The van der Waals surface area contributed by atoms with Crippen LogP contribution in [0.5, 0.6) is 5.75 Å². The second kappa shape index (κ2) is 6.81. The van der Waals surface area contributed by atoms with E-state index in [-0.39, 0.29) is 18.2 Å². The van der Waals surface area contributed by atoms with E-state index in [9.17, 15) is 14.4 Å². The smallest absolute Gasteiger partial charge is 0.325 e. The zero-order chi connectivity index (χ0) is 17.1. The van der Waals surface area contributed by atoms with Crippen molar-refractivity contribution in [2.75, 3.05) is 7.11 Å². The van der Waals surface area contributed by atoms with Crippen LogP contribution in [0.1, 0.15) is 43.1 Å². The molecule has 1 atom stereocenters. The third-order valence-electron chi connectivity index (χ3n) is 3.83. The minimum atomic E-state index is -0.482. The van der Waals surface area contributed by atoms with Crippen LogP contribution in [-0.4, -0.2) is 35.8 Å². The average molecular weight is 318 g/mol. The lowest BCUT2D eigenvalue weighted by molar-refractivity contribution is -0.128. The van der Waals surface area contributed by atoms with E-state index in [1.54, 1.807) is 18.2 Å². The number of hydrogen-bond donors (Lipinski definition) is 1. The Bertz CT molecular complexity index is 639. The summed E-state index contributed by atoms with van der Waals surface area (Å²) in [6, 6.07) is 4.12. The van der Waals surface area contributed by atoms with Crippen molar-refractivity contribution in [1.29, 1.82) is 0 Å². The van der Waals surface area contributed by atoms with Crippen LogP contribution in [0.25, 0.3) is 0 Å². The first kappa shape index (κ1) is 17.0. The Morgan fingerprint density at radius 1 is 1.35 bits per heavy atom. The Labute approximate surface area is 135 Å². The molecule has 23 heavy (non-hydrogen) atoms. The minimum absolute atomic E-state index is 0.0798. The number of carbonyl (C=O) groups excluding carboxylic acids is 3. The highest BCUT2D eigenvalue weighted by Crippen LogP contribution is 2.24. The zero-order valence-electron chi connectivity index (χ0n) is 13.9. The van der Waals surface area contributed by atoms with E-state index in [2.05, 4.69) is 5.32 Å². The maximum Gasteiger partial charge on any atom is 0.325 e. The molecule has 1 aromatic carbocycles. The number of benzene rings is 1. The molecule has 3 amide bonds. The molecule has 6 heteroatoms. The van der Waals surface area contributed by atoms with Gasteiger partial charge in [0.05, 0.1) is 13.7 Å². The number of rotatable bonds is 6. The lowest BCUT2D eigenvalue weighted by Gasteiger charge is -2.16. The molecule has 1 fully saturated rings. The Hall–Kier alpha value is -2.37. The van der Waals surface area contributed by atoms with Gasteiger partial charge < -0.3 is 10.1 Å². The van der Waals surface area contributed by atoms with Crippen molar-refractivity contribution in [3.8, 4) is 5.75 Å². The normalized spacial score (nSPS) is 17.6. The van der Waals surface area contributed by atoms with Crippen molar-refractivity contribution >= 4 is 17.7 Å². The number of ether oxygens (including phenoxy) is 1. The van der Waals surface area contributed by atoms with Gasteiger partial charge in [-0.1, -0.05) is 13.8 Å². The van der Waals surface area contributed by atoms with Crippen molar-refractivity contribution in [2.45, 2.75) is 39.8 Å². The van der Waals surface area contributed by atoms with Crippen LogP contribution >= 0.6 is 0 Å². The molecule has 0 aromatic heterocycles. The molecule has 1 N–H and O–H groups in total. The molecule has 0 spiro atoms. The van der Waals surface area contributed by atoms with Crippen molar-refractivity contribution in [3.63, 3.8) is 0 Å². The Morgan fingerprint density at radius 2 is 2.04 bits per heavy atom. The maximum atomic E-state index is 12.4. The summed E-state index contributed by atoms with van der Waals surface area (Å²) in [7, 11) is 1.51. The summed E-state index contributed by atoms with van der Waals surface area (Å²) in [6.07, 6.45) is 0.603. The van der Waals surface area contributed by atoms with Crippen LogP contribution in [0, 0.1) is 5.92 Å². The van der Waals surface area contributed by atoms with Gasteiger partial charge in [0, 0.05) is 11.1 Å². The van der Waals surface area contributed by atoms with E-state index in [1.807, 2.05) is 13.8 Å². The van der Waals surface area contributed by atoms with Crippen LogP contribution in [0.15, 0.2) is 18.2 Å². The van der Waals surface area contributed by atoms with Gasteiger partial charge in [-0.25, -0.2) is 4.79 Å². The number of amides is 3. The fraction of sp³-hybridized carbons (Fsp3) is 0.471. The molecule has 124 valence electrons. The summed E-state index contributed by atoms with van der Waals surface area (Å²) in [5, 5.41) is 2.71. The zero-order valence-corrected chi connectivity index (χ0v) is 13.9. The topological polar surface area (TPSA) is 75.7 Å². The first-order valence-electron chi connectivity index (χ1n) is 7.63. The van der Waals surface area contributed by atoms with Crippen molar-refractivity contribution in [3.05, 3.63) is 29.3 Å². The standard InChI is InChI=1S/C17H22N2O4/c1-10(2)7-14-16(21)19(17(22)18-14)9-13-8-12(11(3)20)5-6-15(13)23-4/h5-6,8,10,14H,7,9H2,1-4H3,(H,18,22)/t14-/m1/s1. The fourth-order valence-corrected chi connectivity index (χ4v) is 2.65. The van der Waals surface area contributed by atoms with Crippen LogP contribution in [0.2, 0.25) is 0 Å². The predicted octanol–water partition coefficient (Wildman–Crippen LogP) is 2.36. The van der Waals surface area contributed by atoms with E-state index < -0.39 is 12.1 Å². The third-order valence-corrected chi connectivity index (χ3v) is 3.83. The molecule has 1 heterocycles. The highest BCUT2D eigenvalue weighted by Gasteiger charge is 2.38. The van der Waals surface area contributed by atoms with Gasteiger partial charge in [-0.3, -0.25) is 14.5 Å². The highest BCUT2D eigenvalue weighted by molar-refractivity contribution is 6.04. The third kappa shape index (κ3) is 3.70. The molecule has 1 aromatic rings. The Kier molecular flexibility index (Phi) is 5.03. The monoisotopic (exact) mass is 318 g/mol. The summed E-state index contributed by atoms with van der Waals surface area (Å²) in [5.74, 6) is 0.533. The van der Waals surface area contributed by atoms with Crippen molar-refractivity contribution in [2.24, 2.45) is 5.92 Å². The quantitative estimate of drug-likeness (QED) is 0.645. The molecule has 1 aliphatic heterocycles. The van der Waals surface area contributed by atoms with Gasteiger partial charge in [-0.15, -0.1) is 0 Å². The predicted molar refractivity (Wildman–Crippen MR) is 85.3 cm³/mol. The average Bonchev–Trinajstić information content (AvgIpc) is 2.74. The van der Waals surface area contributed by atoms with Gasteiger partial charge in [0.1, 0.15) is 11.8 Å². The van der Waals surface area contributed by atoms with Gasteiger partial charge in [0.2, 0.25) is 0 Å². The second-order valence-electron chi connectivity index (χ2n) is 6.14. The van der Waals surface area contributed by atoms with E-state index in [0.717, 1.165) is 0 Å². The van der Waals surface area contributed by atoms with E-state index in [4.69, 9.17) is 4.74 Å². The Morgan fingerprint density at radius 3 is 2.61 bits per heavy atom. The number of carbonyl (C=O) groups is 3. The van der Waals surface area contributed by atoms with Gasteiger partial charge >= 0.3 is 6.03 Å². The van der Waals surface area contributed by atoms with Gasteiger partial charge in [0.25, 0.3) is 5.91 Å². The number of imide groups is 1. The van der Waals surface area contributed by atoms with Crippen molar-refractivity contribution < 1.29 is 19.1 Å². The number of ketones is 1. The molecule has 0 saturated carbocycles. The van der Waals surface area contributed by atoms with Gasteiger partial charge in [0.15, 0.2) is 5.78 Å². The number of nitrogens with zero attached hydrogens (tertiary/aromatic N) is 1. The number of urea groups is 1. The molecule has 1 aliphatic rings. The molecule has 1 saturated heterocycles. The molecule has 6 nitrogen and oxygen atoms in total. The SMILES string of the molecule is COc1ccc(C(C)=O)cc1CN1C(=O)N[C@H](CC(C)C)C1=O. The molecule has 0 aliphatic carbocycles. The summed E-state index contributed by atoms with van der Waals surface area (Å²) in [4.78, 5) is 37.2. The number of hydrogen-bond acceptors (Lipinski definition) is 4. The van der Waals surface area contributed by atoms with Crippen molar-refractivity contribution in [1.82, 2.24) is 10.2 Å². The van der Waals surface area contributed by atoms with Crippen LogP contribution < -0.4 is 10.1 Å². The van der Waals surface area contributed by atoms with Crippen LogP contribution in [0.3, 0.4) is 0 Å². The molecule has 0 bridgehead atoms. The number of methoxy groups -OCH3 is 1. The highest BCUT2D eigenvalue weighted by atomic mass is 16.5.